The number of rotatable bonds is 6. The Labute approximate surface area is 159 Å². The Balaban J connectivity index is 1.87. The fraction of sp³-hybridized carbons (Fsp3) is 0.263. The van der Waals surface area contributed by atoms with Crippen molar-refractivity contribution in [1.29, 1.82) is 0 Å². The van der Waals surface area contributed by atoms with Gasteiger partial charge in [-0.05, 0) is 68.0 Å². The number of carbonyl (C=O) groups excluding carboxylic acids is 1. The number of amides is 1. The Morgan fingerprint density at radius 2 is 1.64 bits per heavy atom. The van der Waals surface area contributed by atoms with Crippen molar-refractivity contribution in [2.24, 2.45) is 0 Å². The summed E-state index contributed by atoms with van der Waals surface area (Å²) in [7, 11) is 0. The van der Waals surface area contributed by atoms with E-state index >= 15 is 0 Å². The Morgan fingerprint density at radius 3 is 2.20 bits per heavy atom. The number of carbonyl (C=O) groups is 1. The molecule has 132 valence electrons. The highest BCUT2D eigenvalue weighted by Crippen LogP contribution is 2.17. The van der Waals surface area contributed by atoms with E-state index in [1.807, 2.05) is 36.4 Å². The molecule has 0 aliphatic heterocycles. The first-order valence-corrected chi connectivity index (χ1v) is 9.00. The number of halogens is 1. The molecule has 0 aliphatic carbocycles. The fourth-order valence-electron chi connectivity index (χ4n) is 2.47. The van der Waals surface area contributed by atoms with Crippen molar-refractivity contribution in [3.05, 3.63) is 59.1 Å². The Morgan fingerprint density at radius 1 is 1.04 bits per heavy atom. The number of thiocarbonyl (C=S) groups is 1. The predicted octanol–water partition coefficient (Wildman–Crippen LogP) is 4.24. The van der Waals surface area contributed by atoms with E-state index in [1.165, 1.54) is 0 Å². The van der Waals surface area contributed by atoms with Gasteiger partial charge >= 0.3 is 0 Å². The van der Waals surface area contributed by atoms with Gasteiger partial charge in [-0.3, -0.25) is 4.79 Å². The number of hydrogen-bond donors (Lipinski definition) is 2. The molecule has 0 heterocycles. The van der Waals surface area contributed by atoms with Gasteiger partial charge < -0.3 is 15.5 Å². The van der Waals surface area contributed by atoms with Crippen LogP contribution in [0.3, 0.4) is 0 Å². The molecule has 0 spiro atoms. The third-order valence-corrected chi connectivity index (χ3v) is 4.24. The minimum atomic E-state index is -0.167. The summed E-state index contributed by atoms with van der Waals surface area (Å²) in [5.41, 5.74) is 2.88. The molecule has 6 heteroatoms. The van der Waals surface area contributed by atoms with E-state index in [4.69, 9.17) is 23.8 Å². The first-order chi connectivity index (χ1) is 12.0. The summed E-state index contributed by atoms with van der Waals surface area (Å²) < 4.78 is 0. The van der Waals surface area contributed by atoms with Crippen molar-refractivity contribution in [3.63, 3.8) is 0 Å². The van der Waals surface area contributed by atoms with Crippen LogP contribution < -0.4 is 15.5 Å². The van der Waals surface area contributed by atoms with Crippen LogP contribution in [0.5, 0.6) is 0 Å². The average molecular weight is 376 g/mol. The standard InChI is InChI=1S/C19H22ClN3OS/c1-3-23(4-2)17-11-9-16(10-12-17)21-19(25)22-18(24)13-14-5-7-15(20)8-6-14/h5-12H,3-4,13H2,1-2H3,(H2,21,22,24,25). The van der Waals surface area contributed by atoms with Crippen LogP contribution >= 0.6 is 23.8 Å². The minimum Gasteiger partial charge on any atom is -0.372 e. The molecule has 1 amide bonds. The molecule has 0 fully saturated rings. The summed E-state index contributed by atoms with van der Waals surface area (Å²) in [6.07, 6.45) is 0.250. The van der Waals surface area contributed by atoms with E-state index in [0.717, 1.165) is 30.0 Å². The lowest BCUT2D eigenvalue weighted by Gasteiger charge is -2.21. The van der Waals surface area contributed by atoms with Crippen LogP contribution in [0.4, 0.5) is 11.4 Å². The topological polar surface area (TPSA) is 44.4 Å². The monoisotopic (exact) mass is 375 g/mol. The molecule has 25 heavy (non-hydrogen) atoms. The molecule has 2 aromatic carbocycles. The van der Waals surface area contributed by atoms with Gasteiger partial charge in [0.1, 0.15) is 0 Å². The highest BCUT2D eigenvalue weighted by Gasteiger charge is 2.07. The van der Waals surface area contributed by atoms with Crippen molar-refractivity contribution < 1.29 is 4.79 Å². The van der Waals surface area contributed by atoms with Gasteiger partial charge in [-0.2, -0.15) is 0 Å². The summed E-state index contributed by atoms with van der Waals surface area (Å²) in [6.45, 7) is 6.17. The molecule has 2 rings (SSSR count). The van der Waals surface area contributed by atoms with Crippen molar-refractivity contribution >= 4 is 46.2 Å². The molecule has 2 aromatic rings. The van der Waals surface area contributed by atoms with Crippen molar-refractivity contribution in [3.8, 4) is 0 Å². The van der Waals surface area contributed by atoms with E-state index < -0.39 is 0 Å². The molecule has 0 aliphatic rings. The first-order valence-electron chi connectivity index (χ1n) is 8.22. The van der Waals surface area contributed by atoms with Crippen molar-refractivity contribution in [2.75, 3.05) is 23.3 Å². The quantitative estimate of drug-likeness (QED) is 0.741. The summed E-state index contributed by atoms with van der Waals surface area (Å²) in [5, 5.41) is 6.65. The number of hydrogen-bond acceptors (Lipinski definition) is 3. The van der Waals surface area contributed by atoms with Gasteiger partial charge in [0.05, 0.1) is 6.42 Å². The molecular formula is C19H22ClN3OS. The largest absolute Gasteiger partial charge is 0.372 e. The third kappa shape index (κ3) is 6.03. The lowest BCUT2D eigenvalue weighted by Crippen LogP contribution is -2.35. The fourth-order valence-corrected chi connectivity index (χ4v) is 2.82. The Kier molecular flexibility index (Phi) is 7.22. The van der Waals surface area contributed by atoms with Crippen LogP contribution in [-0.2, 0) is 11.2 Å². The zero-order valence-electron chi connectivity index (χ0n) is 14.4. The molecule has 4 nitrogen and oxygen atoms in total. The lowest BCUT2D eigenvalue weighted by molar-refractivity contribution is -0.119. The minimum absolute atomic E-state index is 0.167. The number of nitrogens with one attached hydrogen (secondary N) is 2. The van der Waals surface area contributed by atoms with Gasteiger partial charge in [-0.25, -0.2) is 0 Å². The lowest BCUT2D eigenvalue weighted by atomic mass is 10.1. The number of nitrogens with zero attached hydrogens (tertiary/aromatic N) is 1. The number of anilines is 2. The maximum atomic E-state index is 12.0. The zero-order chi connectivity index (χ0) is 18.2. The van der Waals surface area contributed by atoms with Crippen LogP contribution in [0.25, 0.3) is 0 Å². The number of benzene rings is 2. The van der Waals surface area contributed by atoms with Crippen LogP contribution in [0, 0.1) is 0 Å². The highest BCUT2D eigenvalue weighted by molar-refractivity contribution is 7.80. The molecule has 0 unspecified atom stereocenters. The normalized spacial score (nSPS) is 10.2. The molecule has 0 saturated carbocycles. The predicted molar refractivity (Wildman–Crippen MR) is 110 cm³/mol. The first kappa shape index (κ1) is 19.2. The Bertz CT molecular complexity index is 712. The highest BCUT2D eigenvalue weighted by atomic mass is 35.5. The average Bonchev–Trinajstić information content (AvgIpc) is 2.59. The maximum Gasteiger partial charge on any atom is 0.230 e. The van der Waals surface area contributed by atoms with Gasteiger partial charge in [-0.1, -0.05) is 23.7 Å². The molecule has 0 radical (unpaired) electrons. The molecule has 0 saturated heterocycles. The maximum absolute atomic E-state index is 12.0. The smallest absolute Gasteiger partial charge is 0.230 e. The van der Waals surface area contributed by atoms with Crippen LogP contribution in [0.2, 0.25) is 5.02 Å². The Hall–Kier alpha value is -2.11. The second-order valence-electron chi connectivity index (χ2n) is 5.52. The second kappa shape index (κ2) is 9.39. The molecule has 0 aromatic heterocycles. The van der Waals surface area contributed by atoms with E-state index in [9.17, 15) is 4.79 Å². The van der Waals surface area contributed by atoms with Gasteiger partial charge in [0.25, 0.3) is 0 Å². The van der Waals surface area contributed by atoms with E-state index in [1.54, 1.807) is 12.1 Å². The molecule has 2 N–H and O–H groups in total. The van der Waals surface area contributed by atoms with Gasteiger partial charge in [0, 0.05) is 29.5 Å². The summed E-state index contributed by atoms with van der Waals surface area (Å²) in [5.74, 6) is -0.167. The third-order valence-electron chi connectivity index (χ3n) is 3.78. The van der Waals surface area contributed by atoms with Crippen molar-refractivity contribution in [1.82, 2.24) is 5.32 Å². The SMILES string of the molecule is CCN(CC)c1ccc(NC(=S)NC(=O)Cc2ccc(Cl)cc2)cc1. The summed E-state index contributed by atoms with van der Waals surface area (Å²) >= 11 is 11.0. The molecule has 0 bridgehead atoms. The van der Waals surface area contributed by atoms with E-state index in [2.05, 4.69) is 29.4 Å². The summed E-state index contributed by atoms with van der Waals surface area (Å²) in [4.78, 5) is 14.3. The van der Waals surface area contributed by atoms with E-state index in [0.29, 0.717) is 5.02 Å². The van der Waals surface area contributed by atoms with Crippen molar-refractivity contribution in [2.45, 2.75) is 20.3 Å². The second-order valence-corrected chi connectivity index (χ2v) is 6.37. The van der Waals surface area contributed by atoms with Gasteiger partial charge in [-0.15, -0.1) is 0 Å². The van der Waals surface area contributed by atoms with Gasteiger partial charge in [0.2, 0.25) is 5.91 Å². The summed E-state index contributed by atoms with van der Waals surface area (Å²) in [6, 6.07) is 15.1. The molecular weight excluding hydrogens is 354 g/mol. The van der Waals surface area contributed by atoms with E-state index in [-0.39, 0.29) is 17.4 Å². The zero-order valence-corrected chi connectivity index (χ0v) is 16.0. The van der Waals surface area contributed by atoms with Crippen LogP contribution in [0.1, 0.15) is 19.4 Å². The van der Waals surface area contributed by atoms with Gasteiger partial charge in [0.15, 0.2) is 5.11 Å². The van der Waals surface area contributed by atoms with Crippen LogP contribution in [0.15, 0.2) is 48.5 Å². The molecule has 0 atom stereocenters. The van der Waals surface area contributed by atoms with Crippen LogP contribution in [-0.4, -0.2) is 24.1 Å².